The molecule has 5 rings (SSSR count). The van der Waals surface area contributed by atoms with Gasteiger partial charge >= 0.3 is 0 Å². The van der Waals surface area contributed by atoms with Crippen LogP contribution >= 0.6 is 22.6 Å². The third kappa shape index (κ3) is 4.03. The lowest BCUT2D eigenvalue weighted by molar-refractivity contribution is 0.514. The highest BCUT2D eigenvalue weighted by molar-refractivity contribution is 14.1. The molecule has 0 radical (unpaired) electrons. The number of hydrogen-bond acceptors (Lipinski definition) is 6. The molecule has 3 heterocycles. The third-order valence-electron chi connectivity index (χ3n) is 6.43. The highest BCUT2D eigenvalue weighted by Crippen LogP contribution is 2.32. The maximum atomic E-state index is 13.1. The summed E-state index contributed by atoms with van der Waals surface area (Å²) in [5.74, 6) is 0.522. The standard InChI is InChI=1S/C23H27IN6O/c1-15-19-14-26-23(27-16-6-8-17(9-7-16)29-12-10-25-11-13-29)28-21(19)30(22(31)20(15)24)18-4-2-3-5-18/h6-9,14,18,25H,2-5,10-13H2,1H3,(H,26,27,28)/i24-3. The molecule has 1 saturated heterocycles. The number of rotatable bonds is 4. The molecule has 0 unspecified atom stereocenters. The van der Waals surface area contributed by atoms with Crippen LogP contribution in [0.15, 0.2) is 35.3 Å². The topological polar surface area (TPSA) is 75.1 Å². The van der Waals surface area contributed by atoms with Crippen molar-refractivity contribution in [3.05, 3.63) is 49.9 Å². The maximum absolute atomic E-state index is 13.1. The number of piperazine rings is 1. The molecule has 1 aromatic carbocycles. The fourth-order valence-electron chi connectivity index (χ4n) is 4.67. The fraction of sp³-hybridized carbons (Fsp3) is 0.435. The van der Waals surface area contributed by atoms with E-state index in [2.05, 4.69) is 67.4 Å². The third-order valence-corrected chi connectivity index (χ3v) is 7.70. The van der Waals surface area contributed by atoms with E-state index in [0.717, 1.165) is 64.9 Å². The molecule has 162 valence electrons. The molecule has 2 aromatic heterocycles. The molecule has 0 atom stereocenters. The van der Waals surface area contributed by atoms with Gasteiger partial charge in [0.05, 0.1) is 3.57 Å². The van der Waals surface area contributed by atoms with Crippen LogP contribution in [0.1, 0.15) is 37.3 Å². The Labute approximate surface area is 195 Å². The summed E-state index contributed by atoms with van der Waals surface area (Å²) in [6, 6.07) is 8.62. The minimum Gasteiger partial charge on any atom is -0.369 e. The summed E-state index contributed by atoms with van der Waals surface area (Å²) < 4.78 is 2.68. The van der Waals surface area contributed by atoms with E-state index in [9.17, 15) is 4.79 Å². The summed E-state index contributed by atoms with van der Waals surface area (Å²) in [7, 11) is 0. The molecule has 7 nitrogen and oxygen atoms in total. The monoisotopic (exact) mass is 527 g/mol. The van der Waals surface area contributed by atoms with Crippen LogP contribution in [0, 0.1) is 10.5 Å². The summed E-state index contributed by atoms with van der Waals surface area (Å²) >= 11 is 2.17. The van der Waals surface area contributed by atoms with Crippen LogP contribution < -0.4 is 21.1 Å². The Kier molecular flexibility index (Phi) is 5.83. The minimum atomic E-state index is 0.0718. The van der Waals surface area contributed by atoms with Crippen molar-refractivity contribution in [1.29, 1.82) is 0 Å². The van der Waals surface area contributed by atoms with Gasteiger partial charge in [0.2, 0.25) is 5.95 Å². The first-order chi connectivity index (χ1) is 15.1. The SMILES string of the molecule is Cc1c([124I])c(=O)n(C2CCCC2)c2nc(Nc3ccc(N4CCNCC4)cc3)ncc12. The van der Waals surface area contributed by atoms with Gasteiger partial charge < -0.3 is 15.5 Å². The number of fused-ring (bicyclic) bond motifs is 1. The molecular weight excluding hydrogens is 500 g/mol. The number of aromatic nitrogens is 3. The predicted octanol–water partition coefficient (Wildman–Crippen LogP) is 3.97. The van der Waals surface area contributed by atoms with E-state index < -0.39 is 0 Å². The van der Waals surface area contributed by atoms with Gasteiger partial charge in [0, 0.05) is 55.2 Å². The van der Waals surface area contributed by atoms with Crippen LogP contribution in [0.5, 0.6) is 0 Å². The van der Waals surface area contributed by atoms with Crippen LogP contribution in [0.4, 0.5) is 17.3 Å². The molecule has 2 aliphatic rings. The number of pyridine rings is 1. The van der Waals surface area contributed by atoms with Gasteiger partial charge in [0.15, 0.2) is 0 Å². The number of nitrogens with zero attached hydrogens (tertiary/aromatic N) is 4. The first-order valence-electron chi connectivity index (χ1n) is 11.0. The van der Waals surface area contributed by atoms with Gasteiger partial charge in [-0.1, -0.05) is 12.8 Å². The first kappa shape index (κ1) is 20.7. The average Bonchev–Trinajstić information content (AvgIpc) is 3.33. The van der Waals surface area contributed by atoms with E-state index in [1.165, 1.54) is 18.5 Å². The molecule has 0 bridgehead atoms. The van der Waals surface area contributed by atoms with E-state index in [-0.39, 0.29) is 11.6 Å². The van der Waals surface area contributed by atoms with Gasteiger partial charge in [-0.15, -0.1) is 0 Å². The van der Waals surface area contributed by atoms with Gasteiger partial charge in [0.1, 0.15) is 5.65 Å². The zero-order chi connectivity index (χ0) is 21.4. The van der Waals surface area contributed by atoms with E-state index >= 15 is 0 Å². The Balaban J connectivity index is 1.47. The molecule has 0 spiro atoms. The van der Waals surface area contributed by atoms with Crippen molar-refractivity contribution in [2.45, 2.75) is 38.6 Å². The highest BCUT2D eigenvalue weighted by Gasteiger charge is 2.23. The molecule has 2 N–H and O–H groups in total. The van der Waals surface area contributed by atoms with E-state index in [1.807, 2.05) is 17.7 Å². The largest absolute Gasteiger partial charge is 0.369 e. The maximum Gasteiger partial charge on any atom is 0.266 e. The Morgan fingerprint density at radius 2 is 1.84 bits per heavy atom. The molecule has 31 heavy (non-hydrogen) atoms. The van der Waals surface area contributed by atoms with Gasteiger partial charge in [0.25, 0.3) is 5.56 Å². The molecule has 8 heteroatoms. The van der Waals surface area contributed by atoms with Crippen molar-refractivity contribution in [3.63, 3.8) is 0 Å². The Bertz CT molecular complexity index is 1150. The summed E-state index contributed by atoms with van der Waals surface area (Å²) in [6.45, 7) is 6.07. The average molecular weight is 527 g/mol. The van der Waals surface area contributed by atoms with Gasteiger partial charge in [-0.05, 0) is 72.2 Å². The second-order valence-electron chi connectivity index (χ2n) is 8.39. The number of nitrogens with one attached hydrogen (secondary N) is 2. The van der Waals surface area contributed by atoms with Gasteiger partial charge in [-0.2, -0.15) is 4.98 Å². The van der Waals surface area contributed by atoms with E-state index in [4.69, 9.17) is 4.98 Å². The number of halogens is 1. The number of benzene rings is 1. The Morgan fingerprint density at radius 1 is 1.13 bits per heavy atom. The van der Waals surface area contributed by atoms with Crippen molar-refractivity contribution in [2.75, 3.05) is 36.4 Å². The Morgan fingerprint density at radius 3 is 2.55 bits per heavy atom. The molecular formula is C23H27IN6O. The van der Waals surface area contributed by atoms with Crippen molar-refractivity contribution < 1.29 is 0 Å². The van der Waals surface area contributed by atoms with E-state index in [1.54, 1.807) is 0 Å². The zero-order valence-electron chi connectivity index (χ0n) is 17.7. The van der Waals surface area contributed by atoms with Crippen LogP contribution in [0.2, 0.25) is 0 Å². The first-order valence-corrected chi connectivity index (χ1v) is 12.1. The number of hydrogen-bond donors (Lipinski definition) is 2. The van der Waals surface area contributed by atoms with Gasteiger partial charge in [-0.25, -0.2) is 4.98 Å². The quantitative estimate of drug-likeness (QED) is 0.501. The van der Waals surface area contributed by atoms with Crippen LogP contribution in [-0.2, 0) is 0 Å². The molecule has 1 saturated carbocycles. The van der Waals surface area contributed by atoms with Crippen LogP contribution in [-0.4, -0.2) is 40.7 Å². The second-order valence-corrected chi connectivity index (χ2v) is 9.47. The minimum absolute atomic E-state index is 0.0718. The van der Waals surface area contributed by atoms with Crippen molar-refractivity contribution in [3.8, 4) is 0 Å². The number of aryl methyl sites for hydroxylation is 1. The smallest absolute Gasteiger partial charge is 0.266 e. The lowest BCUT2D eigenvalue weighted by Gasteiger charge is -2.29. The second kappa shape index (κ2) is 8.74. The van der Waals surface area contributed by atoms with Crippen LogP contribution in [0.25, 0.3) is 11.0 Å². The summed E-state index contributed by atoms with van der Waals surface area (Å²) in [5.41, 5.74) is 3.94. The van der Waals surface area contributed by atoms with Crippen molar-refractivity contribution >= 4 is 50.9 Å². The van der Waals surface area contributed by atoms with Crippen molar-refractivity contribution in [1.82, 2.24) is 19.9 Å². The summed E-state index contributed by atoms with van der Waals surface area (Å²) in [5, 5.41) is 7.67. The molecule has 3 aromatic rings. The summed E-state index contributed by atoms with van der Waals surface area (Å²) in [4.78, 5) is 24.9. The Hall–Kier alpha value is -2.20. The summed E-state index contributed by atoms with van der Waals surface area (Å²) in [6.07, 6.45) is 6.25. The van der Waals surface area contributed by atoms with Crippen LogP contribution in [0.3, 0.4) is 0 Å². The predicted molar refractivity (Wildman–Crippen MR) is 134 cm³/mol. The highest BCUT2D eigenvalue weighted by atomic mass is 124. The van der Waals surface area contributed by atoms with Crippen molar-refractivity contribution in [2.24, 2.45) is 0 Å². The fourth-order valence-corrected chi connectivity index (χ4v) is 5.22. The molecule has 0 amide bonds. The molecule has 1 aliphatic carbocycles. The van der Waals surface area contributed by atoms with Gasteiger partial charge in [-0.3, -0.25) is 9.36 Å². The zero-order valence-corrected chi connectivity index (χ0v) is 19.9. The number of anilines is 3. The lowest BCUT2D eigenvalue weighted by atomic mass is 10.1. The molecule has 1 aliphatic heterocycles. The van der Waals surface area contributed by atoms with E-state index in [0.29, 0.717) is 5.95 Å². The normalized spacial score (nSPS) is 17.4. The molecule has 2 fully saturated rings. The lowest BCUT2D eigenvalue weighted by Crippen LogP contribution is -2.43.